The lowest BCUT2D eigenvalue weighted by Crippen LogP contribution is -2.08. The molecule has 0 unspecified atom stereocenters. The lowest BCUT2D eigenvalue weighted by molar-refractivity contribution is 0.599. The summed E-state index contributed by atoms with van der Waals surface area (Å²) in [6.45, 7) is 0. The number of sulfone groups is 1. The number of rotatable bonds is 5. The van der Waals surface area contributed by atoms with Crippen LogP contribution in [0.15, 0.2) is 71.6 Å². The topological polar surface area (TPSA) is 34.1 Å². The zero-order chi connectivity index (χ0) is 14.4. The van der Waals surface area contributed by atoms with Crippen molar-refractivity contribution in [2.24, 2.45) is 0 Å². The maximum Gasteiger partial charge on any atom is 0.182 e. The van der Waals surface area contributed by atoms with Crippen LogP contribution in [0.3, 0.4) is 0 Å². The Morgan fingerprint density at radius 3 is 2.05 bits per heavy atom. The Kier molecular flexibility index (Phi) is 4.99. The Morgan fingerprint density at radius 2 is 1.50 bits per heavy atom. The third kappa shape index (κ3) is 3.71. The monoisotopic (exact) mass is 306 g/mol. The van der Waals surface area contributed by atoms with E-state index in [1.165, 1.54) is 0 Å². The van der Waals surface area contributed by atoms with Gasteiger partial charge in [0.15, 0.2) is 9.84 Å². The Bertz CT molecular complexity index is 677. The fourth-order valence-electron chi connectivity index (χ4n) is 1.92. The molecule has 0 atom stereocenters. The second kappa shape index (κ2) is 6.73. The van der Waals surface area contributed by atoms with Gasteiger partial charge in [0.05, 0.1) is 10.6 Å². The van der Waals surface area contributed by atoms with Gasteiger partial charge in [-0.15, -0.1) is 11.6 Å². The molecule has 0 saturated heterocycles. The molecular weight excluding hydrogens is 292 g/mol. The van der Waals surface area contributed by atoms with Gasteiger partial charge in [-0.3, -0.25) is 0 Å². The minimum Gasteiger partial charge on any atom is -0.223 e. The quantitative estimate of drug-likeness (QED) is 0.788. The molecule has 2 aromatic rings. The van der Waals surface area contributed by atoms with E-state index in [4.69, 9.17) is 11.6 Å². The third-order valence-electron chi connectivity index (χ3n) is 2.92. The molecule has 0 amide bonds. The molecule has 20 heavy (non-hydrogen) atoms. The summed E-state index contributed by atoms with van der Waals surface area (Å²) in [6, 6.07) is 17.9. The molecule has 0 heterocycles. The molecule has 0 aliphatic rings. The van der Waals surface area contributed by atoms with Crippen molar-refractivity contribution >= 4 is 27.0 Å². The SMILES string of the molecule is O=S(=O)(CC(=CCCl)c1ccccc1)c1ccccc1. The maximum atomic E-state index is 12.4. The highest BCUT2D eigenvalue weighted by atomic mass is 35.5. The van der Waals surface area contributed by atoms with E-state index in [0.29, 0.717) is 4.90 Å². The first-order valence-electron chi connectivity index (χ1n) is 6.22. The number of benzene rings is 2. The van der Waals surface area contributed by atoms with Gasteiger partial charge >= 0.3 is 0 Å². The van der Waals surface area contributed by atoms with Crippen molar-refractivity contribution < 1.29 is 8.42 Å². The molecule has 0 N–H and O–H groups in total. The van der Waals surface area contributed by atoms with Crippen LogP contribution >= 0.6 is 11.6 Å². The number of alkyl halides is 1. The molecule has 0 aliphatic heterocycles. The summed E-state index contributed by atoms with van der Waals surface area (Å²) in [5.74, 6) is 0.238. The highest BCUT2D eigenvalue weighted by Gasteiger charge is 2.17. The molecule has 2 aromatic carbocycles. The summed E-state index contributed by atoms with van der Waals surface area (Å²) < 4.78 is 24.8. The van der Waals surface area contributed by atoms with E-state index in [0.717, 1.165) is 11.1 Å². The van der Waals surface area contributed by atoms with Crippen LogP contribution in [0.25, 0.3) is 5.57 Å². The molecule has 0 aliphatic carbocycles. The van der Waals surface area contributed by atoms with Gasteiger partial charge in [-0.1, -0.05) is 54.6 Å². The van der Waals surface area contributed by atoms with Crippen molar-refractivity contribution in [1.29, 1.82) is 0 Å². The van der Waals surface area contributed by atoms with Crippen LogP contribution in [0, 0.1) is 0 Å². The number of halogens is 1. The number of hydrogen-bond donors (Lipinski definition) is 0. The van der Waals surface area contributed by atoms with E-state index >= 15 is 0 Å². The second-order valence-corrected chi connectivity index (χ2v) is 6.62. The van der Waals surface area contributed by atoms with Gasteiger partial charge in [0.1, 0.15) is 0 Å². The number of allylic oxidation sites excluding steroid dienone is 1. The second-order valence-electron chi connectivity index (χ2n) is 4.32. The molecule has 0 bridgehead atoms. The minimum atomic E-state index is -3.36. The summed E-state index contributed by atoms with van der Waals surface area (Å²) in [4.78, 5) is 0.330. The van der Waals surface area contributed by atoms with Crippen molar-refractivity contribution in [3.63, 3.8) is 0 Å². The van der Waals surface area contributed by atoms with E-state index in [-0.39, 0.29) is 11.6 Å². The van der Waals surface area contributed by atoms with Gasteiger partial charge in [0.2, 0.25) is 0 Å². The van der Waals surface area contributed by atoms with E-state index in [1.807, 2.05) is 30.3 Å². The summed E-state index contributed by atoms with van der Waals surface area (Å²) in [7, 11) is -3.36. The molecule has 2 rings (SSSR count). The zero-order valence-electron chi connectivity index (χ0n) is 10.9. The van der Waals surface area contributed by atoms with Crippen LogP contribution in [0.4, 0.5) is 0 Å². The summed E-state index contributed by atoms with van der Waals surface area (Å²) in [5, 5.41) is 0. The first kappa shape index (κ1) is 14.8. The predicted molar refractivity (Wildman–Crippen MR) is 83.6 cm³/mol. The Hall–Kier alpha value is -1.58. The summed E-state index contributed by atoms with van der Waals surface area (Å²) >= 11 is 5.75. The largest absolute Gasteiger partial charge is 0.223 e. The molecule has 4 heteroatoms. The molecule has 0 fully saturated rings. The van der Waals surface area contributed by atoms with Gasteiger partial charge in [0, 0.05) is 5.88 Å². The van der Waals surface area contributed by atoms with Crippen molar-refractivity contribution in [2.45, 2.75) is 4.90 Å². The zero-order valence-corrected chi connectivity index (χ0v) is 12.4. The fourth-order valence-corrected chi connectivity index (χ4v) is 3.54. The fraction of sp³-hybridized carbons (Fsp3) is 0.125. The van der Waals surface area contributed by atoms with Gasteiger partial charge in [-0.05, 0) is 23.3 Å². The smallest absolute Gasteiger partial charge is 0.182 e. The summed E-state index contributed by atoms with van der Waals surface area (Å²) in [5.41, 5.74) is 1.61. The first-order valence-corrected chi connectivity index (χ1v) is 8.40. The van der Waals surface area contributed by atoms with Crippen molar-refractivity contribution in [2.75, 3.05) is 11.6 Å². The van der Waals surface area contributed by atoms with Crippen LogP contribution in [-0.4, -0.2) is 20.1 Å². The summed E-state index contributed by atoms with van der Waals surface area (Å²) in [6.07, 6.45) is 1.75. The Labute approximate surface area is 124 Å². The van der Waals surface area contributed by atoms with E-state index in [1.54, 1.807) is 36.4 Å². The molecule has 0 spiro atoms. The van der Waals surface area contributed by atoms with Crippen LogP contribution in [0.2, 0.25) is 0 Å². The van der Waals surface area contributed by atoms with Crippen molar-refractivity contribution in [3.05, 3.63) is 72.3 Å². The average Bonchev–Trinajstić information content (AvgIpc) is 2.48. The number of hydrogen-bond acceptors (Lipinski definition) is 2. The highest BCUT2D eigenvalue weighted by molar-refractivity contribution is 7.91. The predicted octanol–water partition coefficient (Wildman–Crippen LogP) is 3.78. The molecule has 2 nitrogen and oxygen atoms in total. The lowest BCUT2D eigenvalue weighted by Gasteiger charge is -2.09. The van der Waals surface area contributed by atoms with Gasteiger partial charge in [-0.2, -0.15) is 0 Å². The Balaban J connectivity index is 2.33. The van der Waals surface area contributed by atoms with E-state index in [2.05, 4.69) is 0 Å². The lowest BCUT2D eigenvalue weighted by atomic mass is 10.1. The average molecular weight is 307 g/mol. The van der Waals surface area contributed by atoms with Crippen molar-refractivity contribution in [1.82, 2.24) is 0 Å². The normalized spacial score (nSPS) is 12.3. The maximum absolute atomic E-state index is 12.4. The molecule has 0 saturated carbocycles. The Morgan fingerprint density at radius 1 is 0.950 bits per heavy atom. The van der Waals surface area contributed by atoms with Crippen LogP contribution in [-0.2, 0) is 9.84 Å². The van der Waals surface area contributed by atoms with Gasteiger partial charge in [0.25, 0.3) is 0 Å². The van der Waals surface area contributed by atoms with E-state index in [9.17, 15) is 8.42 Å². The van der Waals surface area contributed by atoms with Gasteiger partial charge < -0.3 is 0 Å². The highest BCUT2D eigenvalue weighted by Crippen LogP contribution is 2.21. The molecular formula is C16H15ClO2S. The van der Waals surface area contributed by atoms with Gasteiger partial charge in [-0.25, -0.2) is 8.42 Å². The van der Waals surface area contributed by atoms with Crippen molar-refractivity contribution in [3.8, 4) is 0 Å². The van der Waals surface area contributed by atoms with Crippen LogP contribution in [0.1, 0.15) is 5.56 Å². The molecule has 0 radical (unpaired) electrons. The molecule has 0 aromatic heterocycles. The standard InChI is InChI=1S/C16H15ClO2S/c17-12-11-15(14-7-3-1-4-8-14)13-20(18,19)16-9-5-2-6-10-16/h1-11H,12-13H2. The van der Waals surface area contributed by atoms with E-state index < -0.39 is 9.84 Å². The van der Waals surface area contributed by atoms with Crippen LogP contribution < -0.4 is 0 Å². The van der Waals surface area contributed by atoms with Crippen LogP contribution in [0.5, 0.6) is 0 Å². The third-order valence-corrected chi connectivity index (χ3v) is 4.75. The minimum absolute atomic E-state index is 0.0479. The molecule has 104 valence electrons. The first-order chi connectivity index (χ1) is 9.63.